The van der Waals surface area contributed by atoms with Crippen LogP contribution in [0.5, 0.6) is 11.5 Å². The Morgan fingerprint density at radius 2 is 1.68 bits per heavy atom. The van der Waals surface area contributed by atoms with Gasteiger partial charge in [0.1, 0.15) is 23.5 Å². The molecule has 0 aliphatic rings. The van der Waals surface area contributed by atoms with Crippen LogP contribution in [0.1, 0.15) is 0 Å². The Balaban J connectivity index is 1.59. The van der Waals surface area contributed by atoms with Gasteiger partial charge < -0.3 is 25.8 Å². The number of methoxy groups -OCH3 is 2. The number of thiazole rings is 1. The number of hydrogen-bond donors (Lipinski definition) is 3. The summed E-state index contributed by atoms with van der Waals surface area (Å²) in [6.45, 7) is 0. The third-order valence-electron chi connectivity index (χ3n) is 4.04. The maximum absolute atomic E-state index is 6.27. The Labute approximate surface area is 165 Å². The van der Waals surface area contributed by atoms with Gasteiger partial charge in [0.15, 0.2) is 16.8 Å². The molecule has 0 radical (unpaired) electrons. The quantitative estimate of drug-likeness (QED) is 0.447. The lowest BCUT2D eigenvalue weighted by molar-refractivity contribution is 0.415. The Hall–Kier alpha value is -3.59. The van der Waals surface area contributed by atoms with E-state index >= 15 is 0 Å². The van der Waals surface area contributed by atoms with Crippen molar-refractivity contribution in [3.8, 4) is 11.5 Å². The minimum atomic E-state index is 0.391. The third kappa shape index (κ3) is 3.60. The summed E-state index contributed by atoms with van der Waals surface area (Å²) < 4.78 is 11.5. The number of anilines is 5. The summed E-state index contributed by atoms with van der Waals surface area (Å²) in [5.74, 6) is 2.50. The molecule has 0 saturated heterocycles. The Kier molecular flexibility index (Phi) is 4.81. The highest BCUT2D eigenvalue weighted by atomic mass is 32.1. The first-order chi connectivity index (χ1) is 13.7. The van der Waals surface area contributed by atoms with Crippen LogP contribution in [0, 0.1) is 0 Å². The minimum absolute atomic E-state index is 0.391. The second kappa shape index (κ2) is 7.57. The van der Waals surface area contributed by atoms with Crippen LogP contribution in [0.25, 0.3) is 10.2 Å². The second-order valence-corrected chi connectivity index (χ2v) is 6.85. The van der Waals surface area contributed by atoms with Gasteiger partial charge in [-0.15, -0.1) is 0 Å². The lowest BCUT2D eigenvalue weighted by atomic mass is 10.3. The molecule has 0 saturated carbocycles. The average molecular weight is 394 g/mol. The highest BCUT2D eigenvalue weighted by Crippen LogP contribution is 2.33. The molecule has 8 nitrogen and oxygen atoms in total. The summed E-state index contributed by atoms with van der Waals surface area (Å²) in [7, 11) is 3.26. The fourth-order valence-electron chi connectivity index (χ4n) is 2.62. The van der Waals surface area contributed by atoms with Crippen LogP contribution >= 0.6 is 11.3 Å². The predicted molar refractivity (Wildman–Crippen MR) is 112 cm³/mol. The van der Waals surface area contributed by atoms with Crippen molar-refractivity contribution in [1.82, 2.24) is 15.0 Å². The van der Waals surface area contributed by atoms with Crippen LogP contribution in [0.3, 0.4) is 0 Å². The van der Waals surface area contributed by atoms with Gasteiger partial charge in [0.05, 0.1) is 24.4 Å². The standard InChI is InChI=1S/C19H18N6O2S/c1-26-12-5-3-4-11(8-12)23-17-16(20)18(22-10-21-17)25-19-24-14-7-6-13(27-2)9-15(14)28-19/h3-10H,20H2,1-2H3,(H2,21,22,23,24,25). The van der Waals surface area contributed by atoms with E-state index in [-0.39, 0.29) is 0 Å². The second-order valence-electron chi connectivity index (χ2n) is 5.82. The van der Waals surface area contributed by atoms with Crippen molar-refractivity contribution in [2.24, 2.45) is 0 Å². The van der Waals surface area contributed by atoms with Gasteiger partial charge in [-0.05, 0) is 30.3 Å². The van der Waals surface area contributed by atoms with E-state index in [1.165, 1.54) is 17.7 Å². The van der Waals surface area contributed by atoms with Crippen molar-refractivity contribution in [1.29, 1.82) is 0 Å². The zero-order valence-corrected chi connectivity index (χ0v) is 16.1. The molecule has 0 spiro atoms. The summed E-state index contributed by atoms with van der Waals surface area (Å²) in [5, 5.41) is 7.04. The molecule has 142 valence electrons. The summed E-state index contributed by atoms with van der Waals surface area (Å²) in [5.41, 5.74) is 8.34. The Bertz CT molecular complexity index is 1130. The zero-order valence-electron chi connectivity index (χ0n) is 15.3. The van der Waals surface area contributed by atoms with Crippen LogP contribution in [0.4, 0.5) is 28.1 Å². The molecule has 0 aliphatic heterocycles. The predicted octanol–water partition coefficient (Wildman–Crippen LogP) is 4.17. The third-order valence-corrected chi connectivity index (χ3v) is 4.97. The van der Waals surface area contributed by atoms with Crippen LogP contribution in [0.2, 0.25) is 0 Å². The summed E-state index contributed by atoms with van der Waals surface area (Å²) in [6.07, 6.45) is 1.44. The van der Waals surface area contributed by atoms with Crippen LogP contribution in [-0.4, -0.2) is 29.2 Å². The van der Waals surface area contributed by atoms with Gasteiger partial charge in [-0.1, -0.05) is 17.4 Å². The summed E-state index contributed by atoms with van der Waals surface area (Å²) in [6, 6.07) is 13.2. The van der Waals surface area contributed by atoms with E-state index in [0.717, 1.165) is 27.4 Å². The number of rotatable bonds is 6. The normalized spacial score (nSPS) is 10.6. The highest BCUT2D eigenvalue weighted by Gasteiger charge is 2.12. The number of nitrogens with zero attached hydrogens (tertiary/aromatic N) is 3. The minimum Gasteiger partial charge on any atom is -0.497 e. The molecule has 4 aromatic rings. The first-order valence-corrected chi connectivity index (χ1v) is 9.21. The van der Waals surface area contributed by atoms with Gasteiger partial charge >= 0.3 is 0 Å². The molecule has 0 unspecified atom stereocenters. The average Bonchev–Trinajstić information content (AvgIpc) is 3.12. The topological polar surface area (TPSA) is 107 Å². The molecule has 0 amide bonds. The number of fused-ring (bicyclic) bond motifs is 1. The molecule has 0 bridgehead atoms. The van der Waals surface area contributed by atoms with Crippen LogP contribution < -0.4 is 25.8 Å². The lowest BCUT2D eigenvalue weighted by Crippen LogP contribution is -2.05. The molecular formula is C19H18N6O2S. The Morgan fingerprint density at radius 1 is 0.929 bits per heavy atom. The van der Waals surface area contributed by atoms with Crippen molar-refractivity contribution >= 4 is 49.7 Å². The van der Waals surface area contributed by atoms with Gasteiger partial charge in [-0.2, -0.15) is 0 Å². The fraction of sp³-hybridized carbons (Fsp3) is 0.105. The van der Waals surface area contributed by atoms with Crippen molar-refractivity contribution < 1.29 is 9.47 Å². The molecule has 0 aliphatic carbocycles. The first kappa shape index (κ1) is 17.8. The highest BCUT2D eigenvalue weighted by molar-refractivity contribution is 7.22. The smallest absolute Gasteiger partial charge is 0.189 e. The SMILES string of the molecule is COc1cccc(Nc2ncnc(Nc3nc4ccc(OC)cc4s3)c2N)c1. The largest absolute Gasteiger partial charge is 0.497 e. The first-order valence-electron chi connectivity index (χ1n) is 8.39. The van der Waals surface area contributed by atoms with E-state index in [0.29, 0.717) is 22.5 Å². The van der Waals surface area contributed by atoms with E-state index < -0.39 is 0 Å². The van der Waals surface area contributed by atoms with Gasteiger partial charge in [-0.25, -0.2) is 15.0 Å². The van der Waals surface area contributed by atoms with E-state index in [9.17, 15) is 0 Å². The molecule has 2 aromatic heterocycles. The zero-order chi connectivity index (χ0) is 19.5. The van der Waals surface area contributed by atoms with E-state index in [4.69, 9.17) is 15.2 Å². The number of nitrogen functional groups attached to an aromatic ring is 1. The van der Waals surface area contributed by atoms with Gasteiger partial charge in [0.25, 0.3) is 0 Å². The lowest BCUT2D eigenvalue weighted by Gasteiger charge is -2.12. The maximum Gasteiger partial charge on any atom is 0.189 e. The van der Waals surface area contributed by atoms with Crippen molar-refractivity contribution in [3.05, 3.63) is 48.8 Å². The van der Waals surface area contributed by atoms with E-state index in [2.05, 4.69) is 25.6 Å². The molecule has 28 heavy (non-hydrogen) atoms. The monoisotopic (exact) mass is 394 g/mol. The molecule has 4 rings (SSSR count). The van der Waals surface area contributed by atoms with Gasteiger partial charge in [0, 0.05) is 11.8 Å². The van der Waals surface area contributed by atoms with Crippen molar-refractivity contribution in [2.45, 2.75) is 0 Å². The molecule has 0 fully saturated rings. The number of ether oxygens (including phenoxy) is 2. The molecule has 0 atom stereocenters. The van der Waals surface area contributed by atoms with Gasteiger partial charge in [-0.3, -0.25) is 0 Å². The summed E-state index contributed by atoms with van der Waals surface area (Å²) >= 11 is 1.49. The Morgan fingerprint density at radius 3 is 2.46 bits per heavy atom. The maximum atomic E-state index is 6.27. The number of benzene rings is 2. The van der Waals surface area contributed by atoms with Crippen LogP contribution in [-0.2, 0) is 0 Å². The molecule has 4 N–H and O–H groups in total. The van der Waals surface area contributed by atoms with Crippen molar-refractivity contribution in [3.63, 3.8) is 0 Å². The molecule has 2 heterocycles. The van der Waals surface area contributed by atoms with E-state index in [1.54, 1.807) is 14.2 Å². The van der Waals surface area contributed by atoms with E-state index in [1.807, 2.05) is 42.5 Å². The molecule has 9 heteroatoms. The number of nitrogens with two attached hydrogens (primary N) is 1. The number of hydrogen-bond acceptors (Lipinski definition) is 9. The molecule has 2 aromatic carbocycles. The number of aromatic nitrogens is 3. The summed E-state index contributed by atoms with van der Waals surface area (Å²) in [4.78, 5) is 13.0. The molecular weight excluding hydrogens is 376 g/mol. The number of nitrogens with one attached hydrogen (secondary N) is 2. The van der Waals surface area contributed by atoms with Gasteiger partial charge in [0.2, 0.25) is 0 Å². The van der Waals surface area contributed by atoms with Crippen molar-refractivity contribution in [2.75, 3.05) is 30.6 Å². The fourth-order valence-corrected chi connectivity index (χ4v) is 3.51. The van der Waals surface area contributed by atoms with Crippen LogP contribution in [0.15, 0.2) is 48.8 Å².